The molecule has 12 heavy (non-hydrogen) atoms. The minimum atomic E-state index is -4.65. The van der Waals surface area contributed by atoms with Crippen LogP contribution in [0.3, 0.4) is 0 Å². The van der Waals surface area contributed by atoms with E-state index in [-0.39, 0.29) is 5.75 Å². The first-order valence-electron chi connectivity index (χ1n) is 3.00. The van der Waals surface area contributed by atoms with Crippen LogP contribution in [0.4, 0.5) is 13.2 Å². The van der Waals surface area contributed by atoms with Crippen molar-refractivity contribution in [3.8, 4) is 5.75 Å². The molecule has 0 aliphatic carbocycles. The van der Waals surface area contributed by atoms with E-state index in [1.807, 2.05) is 0 Å². The third-order valence-corrected chi connectivity index (χ3v) is 1.29. The van der Waals surface area contributed by atoms with Crippen LogP contribution >= 0.6 is 0 Å². The van der Waals surface area contributed by atoms with Gasteiger partial charge in [-0.3, -0.25) is 0 Å². The minimum absolute atomic E-state index is 0.282. The van der Waals surface area contributed by atoms with Crippen molar-refractivity contribution in [2.45, 2.75) is 11.3 Å². The molecule has 0 bridgehead atoms. The molecule has 1 nitrogen and oxygen atoms in total. The van der Waals surface area contributed by atoms with Crippen molar-refractivity contribution < 1.29 is 17.9 Å². The molecule has 0 saturated heterocycles. The van der Waals surface area contributed by atoms with E-state index in [9.17, 15) is 13.2 Å². The molecular formula is C7H4F3OS-. The van der Waals surface area contributed by atoms with Crippen LogP contribution in [0.25, 0.3) is 0 Å². The molecule has 0 radical (unpaired) electrons. The van der Waals surface area contributed by atoms with Crippen molar-refractivity contribution in [2.75, 3.05) is 0 Å². The largest absolute Gasteiger partial charge is 0.780 e. The summed E-state index contributed by atoms with van der Waals surface area (Å²) >= 11 is 4.64. The molecule has 0 amide bonds. The number of benzene rings is 1. The fourth-order valence-corrected chi connectivity index (χ4v) is 0.866. The van der Waals surface area contributed by atoms with Gasteiger partial charge >= 0.3 is 6.36 Å². The second-order valence-corrected chi connectivity index (χ2v) is 2.49. The third-order valence-electron chi connectivity index (χ3n) is 1.04. The third kappa shape index (κ3) is 2.96. The molecule has 66 valence electrons. The Morgan fingerprint density at radius 3 is 2.42 bits per heavy atom. The molecule has 1 aromatic rings. The summed E-state index contributed by atoms with van der Waals surface area (Å²) in [7, 11) is 0. The van der Waals surface area contributed by atoms with Crippen molar-refractivity contribution >= 4 is 12.6 Å². The maximum Gasteiger partial charge on any atom is 0.573 e. The highest BCUT2D eigenvalue weighted by Crippen LogP contribution is 2.22. The van der Waals surface area contributed by atoms with Gasteiger partial charge in [0.2, 0.25) is 0 Å². The molecule has 0 aliphatic heterocycles. The van der Waals surface area contributed by atoms with E-state index in [2.05, 4.69) is 17.4 Å². The van der Waals surface area contributed by atoms with E-state index in [1.165, 1.54) is 18.2 Å². The summed E-state index contributed by atoms with van der Waals surface area (Å²) in [5, 5.41) is 0. The monoisotopic (exact) mass is 193 g/mol. The Balaban J connectivity index is 2.77. The lowest BCUT2D eigenvalue weighted by Gasteiger charge is -2.11. The molecule has 5 heteroatoms. The van der Waals surface area contributed by atoms with Crippen LogP contribution in [0.5, 0.6) is 5.75 Å². The zero-order valence-electron chi connectivity index (χ0n) is 5.76. The lowest BCUT2D eigenvalue weighted by Crippen LogP contribution is -2.17. The van der Waals surface area contributed by atoms with Gasteiger partial charge in [-0.15, -0.1) is 13.2 Å². The number of rotatable bonds is 1. The smallest absolute Gasteiger partial charge is 0.573 e. The highest BCUT2D eigenvalue weighted by Gasteiger charge is 2.30. The maximum atomic E-state index is 11.6. The van der Waals surface area contributed by atoms with Crippen LogP contribution in [0, 0.1) is 0 Å². The Labute approximate surface area is 72.6 Å². The molecule has 0 fully saturated rings. The van der Waals surface area contributed by atoms with Crippen LogP contribution in [-0.2, 0) is 12.6 Å². The summed E-state index contributed by atoms with van der Waals surface area (Å²) < 4.78 is 38.5. The van der Waals surface area contributed by atoms with Crippen LogP contribution < -0.4 is 4.74 Å². The van der Waals surface area contributed by atoms with Gasteiger partial charge in [-0.25, -0.2) is 0 Å². The van der Waals surface area contributed by atoms with E-state index in [0.29, 0.717) is 4.90 Å². The first-order valence-corrected chi connectivity index (χ1v) is 3.41. The fourth-order valence-electron chi connectivity index (χ4n) is 0.671. The van der Waals surface area contributed by atoms with Gasteiger partial charge in [-0.2, -0.15) is 4.90 Å². The average Bonchev–Trinajstić information content (AvgIpc) is 1.82. The Bertz CT molecular complexity index is 272. The minimum Gasteiger partial charge on any atom is -0.780 e. The standard InChI is InChI=1S/C7H5F3OS/c8-7(9,10)11-5-2-1-3-6(12)4-5/h1-4,12H/p-1. The van der Waals surface area contributed by atoms with Gasteiger partial charge in [0.1, 0.15) is 5.75 Å². The summed E-state index contributed by atoms with van der Waals surface area (Å²) in [6, 6.07) is 5.26. The zero-order chi connectivity index (χ0) is 9.19. The molecule has 0 N–H and O–H groups in total. The number of hydrogen-bond acceptors (Lipinski definition) is 2. The molecule has 0 heterocycles. The Kier molecular flexibility index (Phi) is 2.42. The van der Waals surface area contributed by atoms with Crippen molar-refractivity contribution in [1.82, 2.24) is 0 Å². The zero-order valence-corrected chi connectivity index (χ0v) is 6.58. The number of hydrogen-bond donors (Lipinski definition) is 0. The Hall–Kier alpha value is -0.970. The van der Waals surface area contributed by atoms with Gasteiger partial charge in [0.05, 0.1) is 0 Å². The quantitative estimate of drug-likeness (QED) is 0.634. The predicted octanol–water partition coefficient (Wildman–Crippen LogP) is 2.49. The summed E-state index contributed by atoms with van der Waals surface area (Å²) in [6.45, 7) is 0. The first-order chi connectivity index (χ1) is 5.47. The molecule has 0 unspecified atom stereocenters. The van der Waals surface area contributed by atoms with Crippen LogP contribution in [-0.4, -0.2) is 6.36 Å². The molecule has 0 atom stereocenters. The summed E-state index contributed by atoms with van der Waals surface area (Å²) in [5.41, 5.74) is 0. The summed E-state index contributed by atoms with van der Waals surface area (Å²) in [5.74, 6) is -0.282. The van der Waals surface area contributed by atoms with Crippen molar-refractivity contribution in [1.29, 1.82) is 0 Å². The van der Waals surface area contributed by atoms with Gasteiger partial charge in [0.25, 0.3) is 0 Å². The average molecular weight is 193 g/mol. The van der Waals surface area contributed by atoms with Crippen molar-refractivity contribution in [2.24, 2.45) is 0 Å². The Morgan fingerprint density at radius 1 is 1.25 bits per heavy atom. The highest BCUT2D eigenvalue weighted by atomic mass is 32.1. The fraction of sp³-hybridized carbons (Fsp3) is 0.143. The Morgan fingerprint density at radius 2 is 1.92 bits per heavy atom. The maximum absolute atomic E-state index is 11.6. The molecular weight excluding hydrogens is 189 g/mol. The molecule has 0 spiro atoms. The van der Waals surface area contributed by atoms with E-state index in [1.54, 1.807) is 0 Å². The lowest BCUT2D eigenvalue weighted by atomic mass is 10.3. The molecule has 1 rings (SSSR count). The molecule has 0 saturated carbocycles. The summed E-state index contributed by atoms with van der Waals surface area (Å²) in [6.07, 6.45) is -4.65. The van der Waals surface area contributed by atoms with Gasteiger partial charge in [-0.05, 0) is 12.1 Å². The van der Waals surface area contributed by atoms with E-state index >= 15 is 0 Å². The predicted molar refractivity (Wildman–Crippen MR) is 38.8 cm³/mol. The molecule has 1 aromatic carbocycles. The van der Waals surface area contributed by atoms with Gasteiger partial charge in [0.15, 0.2) is 0 Å². The second kappa shape index (κ2) is 3.18. The van der Waals surface area contributed by atoms with Crippen LogP contribution in [0.2, 0.25) is 0 Å². The second-order valence-electron chi connectivity index (χ2n) is 2.02. The van der Waals surface area contributed by atoms with E-state index in [4.69, 9.17) is 0 Å². The van der Waals surface area contributed by atoms with Gasteiger partial charge in [-0.1, -0.05) is 12.1 Å². The van der Waals surface area contributed by atoms with Crippen molar-refractivity contribution in [3.63, 3.8) is 0 Å². The van der Waals surface area contributed by atoms with Crippen molar-refractivity contribution in [3.05, 3.63) is 24.3 Å². The molecule has 0 aromatic heterocycles. The molecule has 0 aliphatic rings. The number of halogens is 3. The number of ether oxygens (including phenoxy) is 1. The lowest BCUT2D eigenvalue weighted by molar-refractivity contribution is -0.274. The van der Waals surface area contributed by atoms with E-state index < -0.39 is 6.36 Å². The normalized spacial score (nSPS) is 11.2. The topological polar surface area (TPSA) is 9.23 Å². The van der Waals surface area contributed by atoms with E-state index in [0.717, 1.165) is 6.07 Å². The van der Waals surface area contributed by atoms with Gasteiger partial charge in [0, 0.05) is 0 Å². The van der Waals surface area contributed by atoms with Crippen LogP contribution in [0.15, 0.2) is 29.2 Å². The summed E-state index contributed by atoms with van der Waals surface area (Å²) in [4.78, 5) is 0.316. The number of alkyl halides is 3. The van der Waals surface area contributed by atoms with Crippen LogP contribution in [0.1, 0.15) is 0 Å². The SMILES string of the molecule is FC(F)(F)Oc1cccc([S-])c1. The van der Waals surface area contributed by atoms with Gasteiger partial charge < -0.3 is 17.4 Å². The highest BCUT2D eigenvalue weighted by molar-refractivity contribution is 7.58. The first kappa shape index (κ1) is 9.12.